The number of halogens is 1. The van der Waals surface area contributed by atoms with Crippen molar-refractivity contribution in [2.45, 2.75) is 11.4 Å². The molecule has 1 heterocycles. The second kappa shape index (κ2) is 7.77. The van der Waals surface area contributed by atoms with Crippen LogP contribution in [0.15, 0.2) is 46.3 Å². The third kappa shape index (κ3) is 3.95. The molecule has 0 unspecified atom stereocenters. The fraction of sp³-hybridized carbons (Fsp3) is 0.111. The lowest BCUT2D eigenvalue weighted by molar-refractivity contribution is 0.0995. The quantitative estimate of drug-likeness (QED) is 0.635. The third-order valence-electron chi connectivity index (χ3n) is 3.82. The van der Waals surface area contributed by atoms with Crippen LogP contribution in [-0.2, 0) is 16.6 Å². The van der Waals surface area contributed by atoms with Crippen LogP contribution < -0.4 is 14.7 Å². The van der Waals surface area contributed by atoms with Gasteiger partial charge in [0.15, 0.2) is 4.80 Å². The molecule has 0 bridgehead atoms. The Morgan fingerprint density at radius 2 is 2.11 bits per heavy atom. The van der Waals surface area contributed by atoms with Crippen LogP contribution in [0.1, 0.15) is 10.4 Å². The van der Waals surface area contributed by atoms with Crippen LogP contribution in [0.4, 0.5) is 0 Å². The number of fused-ring (bicyclic) bond motifs is 1. The minimum atomic E-state index is -3.86. The normalized spacial score (nSPS) is 12.1. The van der Waals surface area contributed by atoms with Gasteiger partial charge in [0.25, 0.3) is 5.91 Å². The number of hydrogen-bond acceptors (Lipinski definition) is 5. The Hall–Kier alpha value is -2.64. The van der Waals surface area contributed by atoms with Gasteiger partial charge in [-0.3, -0.25) is 4.79 Å². The van der Waals surface area contributed by atoms with Gasteiger partial charge in [0.2, 0.25) is 10.0 Å². The fourth-order valence-corrected chi connectivity index (χ4v) is 4.41. The number of terminal acetylenes is 1. The van der Waals surface area contributed by atoms with Crippen LogP contribution in [0.3, 0.4) is 0 Å². The van der Waals surface area contributed by atoms with E-state index in [2.05, 4.69) is 10.9 Å². The zero-order valence-corrected chi connectivity index (χ0v) is 16.9. The summed E-state index contributed by atoms with van der Waals surface area (Å²) in [5.41, 5.74) is 0.838. The van der Waals surface area contributed by atoms with E-state index in [1.165, 1.54) is 25.3 Å². The van der Waals surface area contributed by atoms with Gasteiger partial charge >= 0.3 is 0 Å². The van der Waals surface area contributed by atoms with Crippen molar-refractivity contribution in [3.05, 3.63) is 51.8 Å². The Balaban J connectivity index is 2.21. The molecule has 2 N–H and O–H groups in total. The molecule has 1 amide bonds. The molecule has 2 aromatic carbocycles. The number of ether oxygens (including phenoxy) is 1. The van der Waals surface area contributed by atoms with Gasteiger partial charge in [-0.05, 0) is 36.4 Å². The standard InChI is InChI=1S/C18H14ClN3O4S2/c1-3-8-22-14-6-5-12(28(20,24)25)10-16(14)27-18(22)21-17(23)13-9-11(19)4-7-15(13)26-2/h1,4-7,9-10H,8H2,2H3,(H2,20,24,25). The van der Waals surface area contributed by atoms with E-state index in [0.29, 0.717) is 25.8 Å². The highest BCUT2D eigenvalue weighted by Crippen LogP contribution is 2.24. The maximum absolute atomic E-state index is 12.7. The first-order valence-electron chi connectivity index (χ1n) is 7.77. The molecular weight excluding hydrogens is 422 g/mol. The number of carbonyl (C=O) groups excluding carboxylic acids is 1. The highest BCUT2D eigenvalue weighted by molar-refractivity contribution is 7.89. The number of carbonyl (C=O) groups is 1. The minimum absolute atomic E-state index is 0.0384. The number of rotatable bonds is 4. The number of hydrogen-bond donors (Lipinski definition) is 1. The molecule has 0 radical (unpaired) electrons. The number of aromatic nitrogens is 1. The zero-order chi connectivity index (χ0) is 20.5. The molecule has 144 valence electrons. The highest BCUT2D eigenvalue weighted by Gasteiger charge is 2.15. The number of benzene rings is 2. The minimum Gasteiger partial charge on any atom is -0.496 e. The number of amides is 1. The summed E-state index contributed by atoms with van der Waals surface area (Å²) in [4.78, 5) is 17.2. The molecule has 0 saturated carbocycles. The molecule has 0 aliphatic carbocycles. The Morgan fingerprint density at radius 3 is 2.75 bits per heavy atom. The summed E-state index contributed by atoms with van der Waals surface area (Å²) in [6.45, 7) is 0.146. The molecule has 1 aromatic heterocycles. The van der Waals surface area contributed by atoms with Crippen molar-refractivity contribution in [2.24, 2.45) is 10.1 Å². The van der Waals surface area contributed by atoms with Crippen molar-refractivity contribution >= 4 is 49.1 Å². The summed E-state index contributed by atoms with van der Waals surface area (Å²) in [6, 6.07) is 9.01. The SMILES string of the molecule is C#CCn1c(=NC(=O)c2cc(Cl)ccc2OC)sc2cc(S(N)(=O)=O)ccc21. The lowest BCUT2D eigenvalue weighted by Gasteiger charge is -2.05. The summed E-state index contributed by atoms with van der Waals surface area (Å²) in [7, 11) is -2.42. The van der Waals surface area contributed by atoms with Gasteiger partial charge in [-0.1, -0.05) is 28.9 Å². The van der Waals surface area contributed by atoms with Gasteiger partial charge in [-0.15, -0.1) is 6.42 Å². The van der Waals surface area contributed by atoms with E-state index in [4.69, 9.17) is 27.9 Å². The average molecular weight is 436 g/mol. The van der Waals surface area contributed by atoms with Gasteiger partial charge in [-0.25, -0.2) is 13.6 Å². The molecular formula is C18H14ClN3O4S2. The number of primary sulfonamides is 1. The highest BCUT2D eigenvalue weighted by atomic mass is 35.5. The Morgan fingerprint density at radius 1 is 1.36 bits per heavy atom. The Kier molecular flexibility index (Phi) is 5.58. The van der Waals surface area contributed by atoms with Gasteiger partial charge in [0, 0.05) is 5.02 Å². The Labute approximate surface area is 170 Å². The lowest BCUT2D eigenvalue weighted by Crippen LogP contribution is -2.16. The van der Waals surface area contributed by atoms with Crippen LogP contribution in [0.25, 0.3) is 10.2 Å². The first kappa shape index (κ1) is 20.1. The van der Waals surface area contributed by atoms with E-state index in [9.17, 15) is 13.2 Å². The van der Waals surface area contributed by atoms with Gasteiger partial charge in [-0.2, -0.15) is 4.99 Å². The number of thiazole rings is 1. The predicted octanol–water partition coefficient (Wildman–Crippen LogP) is 2.39. The average Bonchev–Trinajstić information content (AvgIpc) is 2.97. The maximum Gasteiger partial charge on any atom is 0.283 e. The number of methoxy groups -OCH3 is 1. The van der Waals surface area contributed by atoms with Crippen molar-refractivity contribution in [1.29, 1.82) is 0 Å². The van der Waals surface area contributed by atoms with Gasteiger partial charge in [0.1, 0.15) is 5.75 Å². The molecule has 7 nitrogen and oxygen atoms in total. The lowest BCUT2D eigenvalue weighted by atomic mass is 10.2. The molecule has 0 aliphatic rings. The van der Waals surface area contributed by atoms with E-state index >= 15 is 0 Å². The van der Waals surface area contributed by atoms with Crippen molar-refractivity contribution in [2.75, 3.05) is 7.11 Å². The predicted molar refractivity (Wildman–Crippen MR) is 108 cm³/mol. The molecule has 0 spiro atoms. The van der Waals surface area contributed by atoms with Crippen LogP contribution in [0, 0.1) is 12.3 Å². The largest absolute Gasteiger partial charge is 0.496 e. The number of nitrogens with two attached hydrogens (primary N) is 1. The smallest absolute Gasteiger partial charge is 0.283 e. The molecule has 3 aromatic rings. The number of nitrogens with zero attached hydrogens (tertiary/aromatic N) is 2. The first-order valence-corrected chi connectivity index (χ1v) is 10.5. The molecule has 0 saturated heterocycles. The molecule has 28 heavy (non-hydrogen) atoms. The Bertz CT molecular complexity index is 1300. The molecule has 0 fully saturated rings. The summed E-state index contributed by atoms with van der Waals surface area (Å²) >= 11 is 7.10. The summed E-state index contributed by atoms with van der Waals surface area (Å²) < 4.78 is 30.6. The van der Waals surface area contributed by atoms with Crippen LogP contribution in [-0.4, -0.2) is 26.0 Å². The van der Waals surface area contributed by atoms with E-state index in [1.807, 2.05) is 0 Å². The third-order valence-corrected chi connectivity index (χ3v) is 6.01. The van der Waals surface area contributed by atoms with Crippen molar-refractivity contribution in [3.8, 4) is 18.1 Å². The maximum atomic E-state index is 12.7. The zero-order valence-electron chi connectivity index (χ0n) is 14.5. The van der Waals surface area contributed by atoms with Crippen LogP contribution >= 0.6 is 22.9 Å². The van der Waals surface area contributed by atoms with E-state index in [0.717, 1.165) is 11.3 Å². The molecule has 0 atom stereocenters. The second-order valence-electron chi connectivity index (χ2n) is 5.61. The fourth-order valence-electron chi connectivity index (χ4n) is 2.55. The monoisotopic (exact) mass is 435 g/mol. The van der Waals surface area contributed by atoms with Gasteiger partial charge < -0.3 is 9.30 Å². The summed E-state index contributed by atoms with van der Waals surface area (Å²) in [5.74, 6) is 2.27. The molecule has 3 rings (SSSR count). The second-order valence-corrected chi connectivity index (χ2v) is 8.62. The summed E-state index contributed by atoms with van der Waals surface area (Å²) in [5, 5.41) is 5.55. The summed E-state index contributed by atoms with van der Waals surface area (Å²) in [6.07, 6.45) is 5.44. The van der Waals surface area contributed by atoms with Crippen molar-refractivity contribution in [1.82, 2.24) is 4.57 Å². The van der Waals surface area contributed by atoms with Crippen molar-refractivity contribution < 1.29 is 17.9 Å². The van der Waals surface area contributed by atoms with Crippen molar-refractivity contribution in [3.63, 3.8) is 0 Å². The number of sulfonamides is 1. The topological polar surface area (TPSA) is 104 Å². The van der Waals surface area contributed by atoms with Crippen LogP contribution in [0.2, 0.25) is 5.02 Å². The first-order chi connectivity index (χ1) is 13.2. The van der Waals surface area contributed by atoms with E-state index < -0.39 is 15.9 Å². The molecule has 0 aliphatic heterocycles. The van der Waals surface area contributed by atoms with Gasteiger partial charge in [0.05, 0.1) is 34.3 Å². The van der Waals surface area contributed by atoms with E-state index in [-0.39, 0.29) is 17.0 Å². The van der Waals surface area contributed by atoms with E-state index in [1.54, 1.807) is 22.8 Å². The molecule has 10 heteroatoms. The van der Waals surface area contributed by atoms with Crippen LogP contribution in [0.5, 0.6) is 5.75 Å².